The first kappa shape index (κ1) is 15.9. The third-order valence-electron chi connectivity index (χ3n) is 2.09. The molecule has 1 heterocycles. The summed E-state index contributed by atoms with van der Waals surface area (Å²) in [6, 6.07) is 1.46. The average molecular weight is 355 g/mol. The number of hydrogen-bond acceptors (Lipinski definition) is 5. The largest absolute Gasteiger partial charge is 0.388 e. The summed E-state index contributed by atoms with van der Waals surface area (Å²) in [5, 5.41) is 9.91. The lowest BCUT2D eigenvalue weighted by molar-refractivity contribution is 0.0908. The van der Waals surface area contributed by atoms with Crippen molar-refractivity contribution in [1.82, 2.24) is 9.71 Å². The lowest BCUT2D eigenvalue weighted by Crippen LogP contribution is -2.42. The first-order chi connectivity index (χ1) is 8.27. The minimum atomic E-state index is -3.65. The molecule has 0 saturated heterocycles. The Bertz CT molecular complexity index is 506. The number of aromatic nitrogens is 1. The van der Waals surface area contributed by atoms with Crippen molar-refractivity contribution in [2.75, 3.05) is 18.6 Å². The zero-order valence-corrected chi connectivity index (χ0v) is 13.3. The van der Waals surface area contributed by atoms with Crippen LogP contribution in [0.2, 0.25) is 0 Å². The van der Waals surface area contributed by atoms with Gasteiger partial charge in [-0.3, -0.25) is 4.98 Å². The molecule has 8 heteroatoms. The Labute approximate surface area is 120 Å². The zero-order valence-electron chi connectivity index (χ0n) is 10.1. The van der Waals surface area contributed by atoms with Gasteiger partial charge in [0.25, 0.3) is 0 Å². The molecule has 0 bridgehead atoms. The molecule has 0 aliphatic heterocycles. The van der Waals surface area contributed by atoms with E-state index in [9.17, 15) is 13.5 Å². The summed E-state index contributed by atoms with van der Waals surface area (Å²) in [7, 11) is -3.65. The molecule has 1 aromatic rings. The standard InChI is InChI=1S/C10H15BrN2O3S2/c1-10(14,7-17-2)6-13-18(15,16)9-3-8(11)4-12-5-9/h3-5,13-14H,6-7H2,1-2H3. The van der Waals surface area contributed by atoms with E-state index in [2.05, 4.69) is 25.6 Å². The maximum Gasteiger partial charge on any atom is 0.242 e. The number of aliphatic hydroxyl groups is 1. The van der Waals surface area contributed by atoms with Crippen LogP contribution in [0.3, 0.4) is 0 Å². The van der Waals surface area contributed by atoms with Gasteiger partial charge in [0.05, 0.1) is 5.60 Å². The van der Waals surface area contributed by atoms with Crippen molar-refractivity contribution in [2.24, 2.45) is 0 Å². The summed E-state index contributed by atoms with van der Waals surface area (Å²) in [6.45, 7) is 1.55. The number of nitrogens with one attached hydrogen (secondary N) is 1. The second-order valence-electron chi connectivity index (χ2n) is 4.09. The van der Waals surface area contributed by atoms with Crippen molar-refractivity contribution in [3.05, 3.63) is 22.9 Å². The fourth-order valence-electron chi connectivity index (χ4n) is 1.24. The molecule has 0 radical (unpaired) electrons. The number of thioether (sulfide) groups is 1. The molecule has 0 aliphatic rings. The highest BCUT2D eigenvalue weighted by molar-refractivity contribution is 9.10. The topological polar surface area (TPSA) is 79.3 Å². The van der Waals surface area contributed by atoms with Gasteiger partial charge in [-0.25, -0.2) is 13.1 Å². The van der Waals surface area contributed by atoms with Gasteiger partial charge in [0, 0.05) is 29.2 Å². The van der Waals surface area contributed by atoms with Crippen LogP contribution in [0.25, 0.3) is 0 Å². The number of rotatable bonds is 6. The van der Waals surface area contributed by atoms with E-state index >= 15 is 0 Å². The molecule has 0 aromatic carbocycles. The Hall–Kier alpha value is -0.150. The van der Waals surface area contributed by atoms with Crippen LogP contribution in [-0.2, 0) is 10.0 Å². The lowest BCUT2D eigenvalue weighted by atomic mass is 10.1. The average Bonchev–Trinajstić information content (AvgIpc) is 2.27. The van der Waals surface area contributed by atoms with Gasteiger partial charge >= 0.3 is 0 Å². The van der Waals surface area contributed by atoms with Gasteiger partial charge in [-0.2, -0.15) is 11.8 Å². The van der Waals surface area contributed by atoms with E-state index in [0.717, 1.165) is 0 Å². The van der Waals surface area contributed by atoms with Gasteiger partial charge < -0.3 is 5.11 Å². The molecule has 102 valence electrons. The summed E-state index contributed by atoms with van der Waals surface area (Å²) in [5.41, 5.74) is -1.08. The summed E-state index contributed by atoms with van der Waals surface area (Å²) >= 11 is 4.62. The quantitative estimate of drug-likeness (QED) is 0.803. The SMILES string of the molecule is CSCC(C)(O)CNS(=O)(=O)c1cncc(Br)c1. The number of hydrogen-bond donors (Lipinski definition) is 2. The minimum Gasteiger partial charge on any atom is -0.388 e. The predicted molar refractivity (Wildman–Crippen MR) is 76.1 cm³/mol. The van der Waals surface area contributed by atoms with E-state index in [1.807, 2.05) is 6.26 Å². The second-order valence-corrected chi connectivity index (χ2v) is 7.64. The highest BCUT2D eigenvalue weighted by Crippen LogP contribution is 2.15. The summed E-state index contributed by atoms with van der Waals surface area (Å²) in [4.78, 5) is 3.87. The number of pyridine rings is 1. The van der Waals surface area contributed by atoms with Crippen molar-refractivity contribution in [3.8, 4) is 0 Å². The summed E-state index contributed by atoms with van der Waals surface area (Å²) in [6.07, 6.45) is 4.61. The molecule has 2 N–H and O–H groups in total. The van der Waals surface area contributed by atoms with Gasteiger partial charge in [0.2, 0.25) is 10.0 Å². The van der Waals surface area contributed by atoms with Crippen molar-refractivity contribution in [2.45, 2.75) is 17.4 Å². The van der Waals surface area contributed by atoms with Crippen LogP contribution in [-0.4, -0.2) is 42.7 Å². The molecule has 18 heavy (non-hydrogen) atoms. The highest BCUT2D eigenvalue weighted by Gasteiger charge is 2.23. The van der Waals surface area contributed by atoms with Crippen LogP contribution < -0.4 is 4.72 Å². The van der Waals surface area contributed by atoms with Crippen LogP contribution in [0.5, 0.6) is 0 Å². The van der Waals surface area contributed by atoms with Crippen molar-refractivity contribution in [3.63, 3.8) is 0 Å². The molecule has 1 aromatic heterocycles. The van der Waals surface area contributed by atoms with E-state index in [0.29, 0.717) is 10.2 Å². The first-order valence-electron chi connectivity index (χ1n) is 5.08. The Morgan fingerprint density at radius 2 is 2.22 bits per heavy atom. The molecule has 1 unspecified atom stereocenters. The third kappa shape index (κ3) is 4.85. The summed E-state index contributed by atoms with van der Waals surface area (Å²) < 4.78 is 26.9. The van der Waals surface area contributed by atoms with Crippen molar-refractivity contribution in [1.29, 1.82) is 0 Å². The molecule has 1 rings (SSSR count). The van der Waals surface area contributed by atoms with E-state index in [-0.39, 0.29) is 11.4 Å². The normalized spacial score (nSPS) is 15.3. The van der Waals surface area contributed by atoms with Crippen molar-refractivity contribution < 1.29 is 13.5 Å². The van der Waals surface area contributed by atoms with E-state index < -0.39 is 15.6 Å². The molecule has 0 amide bonds. The maximum absolute atomic E-state index is 11.9. The highest BCUT2D eigenvalue weighted by atomic mass is 79.9. The Kier molecular flexibility index (Phi) is 5.60. The Morgan fingerprint density at radius 1 is 1.56 bits per heavy atom. The lowest BCUT2D eigenvalue weighted by Gasteiger charge is -2.22. The number of halogens is 1. The first-order valence-corrected chi connectivity index (χ1v) is 8.75. The second kappa shape index (κ2) is 6.33. The molecular weight excluding hydrogens is 340 g/mol. The van der Waals surface area contributed by atoms with E-state index in [1.54, 1.807) is 6.92 Å². The minimum absolute atomic E-state index is 0.0390. The molecule has 0 spiro atoms. The smallest absolute Gasteiger partial charge is 0.242 e. The maximum atomic E-state index is 11.9. The van der Waals surface area contributed by atoms with Crippen LogP contribution in [0.15, 0.2) is 27.8 Å². The molecular formula is C10H15BrN2O3S2. The summed E-state index contributed by atoms with van der Waals surface area (Å²) in [5.74, 6) is 0.451. The number of sulfonamides is 1. The molecule has 1 atom stereocenters. The van der Waals surface area contributed by atoms with Gasteiger partial charge in [0.15, 0.2) is 0 Å². The van der Waals surface area contributed by atoms with Crippen LogP contribution in [0.1, 0.15) is 6.92 Å². The molecule has 0 fully saturated rings. The Balaban J connectivity index is 2.78. The predicted octanol–water partition coefficient (Wildman–Crippen LogP) is 1.24. The molecule has 0 aliphatic carbocycles. The van der Waals surface area contributed by atoms with Gasteiger partial charge in [-0.1, -0.05) is 0 Å². The van der Waals surface area contributed by atoms with Crippen molar-refractivity contribution >= 4 is 37.7 Å². The van der Waals surface area contributed by atoms with Gasteiger partial charge in [-0.05, 0) is 35.2 Å². The third-order valence-corrected chi connectivity index (χ3v) is 4.80. The van der Waals surface area contributed by atoms with E-state index in [1.165, 1.54) is 30.2 Å². The van der Waals surface area contributed by atoms with Crippen LogP contribution in [0.4, 0.5) is 0 Å². The van der Waals surface area contributed by atoms with Gasteiger partial charge in [0.1, 0.15) is 4.90 Å². The van der Waals surface area contributed by atoms with E-state index in [4.69, 9.17) is 0 Å². The zero-order chi connectivity index (χ0) is 13.8. The Morgan fingerprint density at radius 3 is 2.78 bits per heavy atom. The molecule has 5 nitrogen and oxygen atoms in total. The monoisotopic (exact) mass is 354 g/mol. The van der Waals surface area contributed by atoms with Crippen LogP contribution >= 0.6 is 27.7 Å². The molecule has 0 saturated carbocycles. The van der Waals surface area contributed by atoms with Gasteiger partial charge in [-0.15, -0.1) is 0 Å². The fraction of sp³-hybridized carbons (Fsp3) is 0.500. The van der Waals surface area contributed by atoms with Crippen LogP contribution in [0, 0.1) is 0 Å². The number of nitrogens with zero attached hydrogens (tertiary/aromatic N) is 1. The fourth-order valence-corrected chi connectivity index (χ4v) is 3.62.